The Morgan fingerprint density at radius 2 is 2.11 bits per heavy atom. The van der Waals surface area contributed by atoms with Crippen molar-refractivity contribution in [3.8, 4) is 0 Å². The van der Waals surface area contributed by atoms with Crippen molar-refractivity contribution in [3.05, 3.63) is 40.4 Å². The maximum absolute atomic E-state index is 11.6. The molecule has 0 radical (unpaired) electrons. The van der Waals surface area contributed by atoms with Gasteiger partial charge in [0.1, 0.15) is 5.57 Å². The second-order valence-electron chi connectivity index (χ2n) is 3.39. The average molecular weight is 287 g/mol. The van der Waals surface area contributed by atoms with Gasteiger partial charge in [0.2, 0.25) is 0 Å². The molecule has 0 aliphatic heterocycles. The minimum Gasteiger partial charge on any atom is -0.462 e. The van der Waals surface area contributed by atoms with Gasteiger partial charge in [0.25, 0.3) is 0 Å². The van der Waals surface area contributed by atoms with Gasteiger partial charge in [-0.2, -0.15) is 0 Å². The highest BCUT2D eigenvalue weighted by Gasteiger charge is 2.18. The van der Waals surface area contributed by atoms with E-state index in [1.54, 1.807) is 31.2 Å². The molecular formula is C13H12Cl2O3. The predicted molar refractivity (Wildman–Crippen MR) is 71.8 cm³/mol. The first-order valence-corrected chi connectivity index (χ1v) is 6.23. The minimum absolute atomic E-state index is 0.0749. The van der Waals surface area contributed by atoms with E-state index in [1.165, 1.54) is 6.08 Å². The first-order valence-electron chi connectivity index (χ1n) is 5.32. The summed E-state index contributed by atoms with van der Waals surface area (Å²) in [5.74, 6) is -1.43. The van der Waals surface area contributed by atoms with Crippen LogP contribution in [0.25, 0.3) is 6.08 Å². The lowest BCUT2D eigenvalue weighted by Gasteiger charge is -2.04. The van der Waals surface area contributed by atoms with Crippen LogP contribution in [-0.2, 0) is 14.3 Å². The summed E-state index contributed by atoms with van der Waals surface area (Å²) in [5.41, 5.74) is 0.568. The van der Waals surface area contributed by atoms with Gasteiger partial charge in [-0.3, -0.25) is 4.79 Å². The SMILES string of the molecule is CCOC(=O)C(=Cc1cccc(Cl)c1)C(=O)CCl. The van der Waals surface area contributed by atoms with Crippen LogP contribution >= 0.6 is 23.2 Å². The number of Topliss-reactive ketones (excluding diaryl/α,β-unsaturated/α-hetero) is 1. The zero-order valence-electron chi connectivity index (χ0n) is 9.78. The Hall–Kier alpha value is -1.32. The first-order chi connectivity index (χ1) is 8.58. The molecule has 0 N–H and O–H groups in total. The quantitative estimate of drug-likeness (QED) is 0.275. The lowest BCUT2D eigenvalue weighted by molar-refractivity contribution is -0.139. The Kier molecular flexibility index (Phi) is 5.89. The molecule has 0 atom stereocenters. The largest absolute Gasteiger partial charge is 0.462 e. The Bertz CT molecular complexity index is 481. The van der Waals surface area contributed by atoms with Crippen LogP contribution in [0.5, 0.6) is 0 Å². The van der Waals surface area contributed by atoms with Crippen molar-refractivity contribution in [2.75, 3.05) is 12.5 Å². The van der Waals surface area contributed by atoms with Crippen molar-refractivity contribution in [3.63, 3.8) is 0 Å². The van der Waals surface area contributed by atoms with Crippen LogP contribution in [0, 0.1) is 0 Å². The third-order valence-electron chi connectivity index (χ3n) is 2.08. The van der Waals surface area contributed by atoms with Crippen molar-refractivity contribution >= 4 is 41.0 Å². The van der Waals surface area contributed by atoms with Crippen LogP contribution in [0.3, 0.4) is 0 Å². The topological polar surface area (TPSA) is 43.4 Å². The van der Waals surface area contributed by atoms with Gasteiger partial charge in [0.15, 0.2) is 5.78 Å². The number of hydrogen-bond acceptors (Lipinski definition) is 3. The van der Waals surface area contributed by atoms with Crippen LogP contribution in [0.4, 0.5) is 0 Å². The van der Waals surface area contributed by atoms with Crippen molar-refractivity contribution in [1.82, 2.24) is 0 Å². The monoisotopic (exact) mass is 286 g/mol. The highest BCUT2D eigenvalue weighted by Crippen LogP contribution is 2.15. The van der Waals surface area contributed by atoms with E-state index >= 15 is 0 Å². The molecule has 1 aromatic rings. The third-order valence-corrected chi connectivity index (χ3v) is 2.55. The van der Waals surface area contributed by atoms with E-state index in [1.807, 2.05) is 0 Å². The molecule has 0 spiro atoms. The van der Waals surface area contributed by atoms with E-state index in [2.05, 4.69) is 0 Å². The number of carbonyl (C=O) groups is 2. The lowest BCUT2D eigenvalue weighted by Crippen LogP contribution is -2.16. The molecule has 96 valence electrons. The molecule has 0 fully saturated rings. The summed E-state index contributed by atoms with van der Waals surface area (Å²) >= 11 is 11.3. The van der Waals surface area contributed by atoms with E-state index in [0.717, 1.165) is 0 Å². The molecule has 0 saturated heterocycles. The molecule has 0 amide bonds. The fraction of sp³-hybridized carbons (Fsp3) is 0.231. The number of rotatable bonds is 5. The summed E-state index contributed by atoms with van der Waals surface area (Å²) in [6, 6.07) is 6.79. The molecule has 0 bridgehead atoms. The summed E-state index contributed by atoms with van der Waals surface area (Å²) in [6.45, 7) is 1.86. The molecule has 1 rings (SSSR count). The molecule has 0 aliphatic rings. The molecule has 0 aromatic heterocycles. The number of ether oxygens (including phenoxy) is 1. The van der Waals surface area contributed by atoms with E-state index in [9.17, 15) is 9.59 Å². The van der Waals surface area contributed by atoms with Gasteiger partial charge in [0, 0.05) is 5.02 Å². The molecule has 5 heteroatoms. The highest BCUT2D eigenvalue weighted by molar-refractivity contribution is 6.35. The molecule has 0 unspecified atom stereocenters. The van der Waals surface area contributed by atoms with Crippen LogP contribution in [0.1, 0.15) is 12.5 Å². The molecule has 1 aromatic carbocycles. The second-order valence-corrected chi connectivity index (χ2v) is 4.09. The summed E-state index contributed by atoms with van der Waals surface area (Å²) in [4.78, 5) is 23.2. The fourth-order valence-corrected chi connectivity index (χ4v) is 1.64. The Morgan fingerprint density at radius 1 is 1.39 bits per heavy atom. The van der Waals surface area contributed by atoms with Crippen LogP contribution in [-0.4, -0.2) is 24.2 Å². The summed E-state index contributed by atoms with van der Waals surface area (Å²) < 4.78 is 4.81. The summed E-state index contributed by atoms with van der Waals surface area (Å²) in [6.07, 6.45) is 1.43. The third kappa shape index (κ3) is 4.17. The van der Waals surface area contributed by atoms with Gasteiger partial charge in [-0.1, -0.05) is 23.7 Å². The van der Waals surface area contributed by atoms with Gasteiger partial charge >= 0.3 is 5.97 Å². The van der Waals surface area contributed by atoms with Gasteiger partial charge < -0.3 is 4.74 Å². The molecule has 3 nitrogen and oxygen atoms in total. The highest BCUT2D eigenvalue weighted by atomic mass is 35.5. The predicted octanol–water partition coefficient (Wildman–Crippen LogP) is 3.09. The van der Waals surface area contributed by atoms with Gasteiger partial charge in [-0.25, -0.2) is 4.79 Å². The van der Waals surface area contributed by atoms with Crippen molar-refractivity contribution in [1.29, 1.82) is 0 Å². The maximum atomic E-state index is 11.6. The second kappa shape index (κ2) is 7.19. The number of carbonyl (C=O) groups excluding carboxylic acids is 2. The van der Waals surface area contributed by atoms with Gasteiger partial charge in [-0.15, -0.1) is 11.6 Å². The van der Waals surface area contributed by atoms with Gasteiger partial charge in [0.05, 0.1) is 12.5 Å². The zero-order chi connectivity index (χ0) is 13.5. The Balaban J connectivity index is 3.10. The number of halogens is 2. The number of hydrogen-bond donors (Lipinski definition) is 0. The van der Waals surface area contributed by atoms with Crippen molar-refractivity contribution < 1.29 is 14.3 Å². The fourth-order valence-electron chi connectivity index (χ4n) is 1.30. The molecule has 0 heterocycles. The lowest BCUT2D eigenvalue weighted by atomic mass is 10.1. The van der Waals surface area contributed by atoms with E-state index in [-0.39, 0.29) is 18.1 Å². The first kappa shape index (κ1) is 14.7. The number of benzene rings is 1. The molecule has 0 saturated carbocycles. The minimum atomic E-state index is -0.678. The number of alkyl halides is 1. The van der Waals surface area contributed by atoms with E-state index in [0.29, 0.717) is 10.6 Å². The van der Waals surface area contributed by atoms with Crippen LogP contribution in [0.2, 0.25) is 5.02 Å². The maximum Gasteiger partial charge on any atom is 0.341 e. The Morgan fingerprint density at radius 3 is 2.67 bits per heavy atom. The van der Waals surface area contributed by atoms with E-state index < -0.39 is 11.8 Å². The molecule has 0 aliphatic carbocycles. The molecular weight excluding hydrogens is 275 g/mol. The van der Waals surface area contributed by atoms with Crippen LogP contribution < -0.4 is 0 Å². The summed E-state index contributed by atoms with van der Waals surface area (Å²) in [7, 11) is 0. The smallest absolute Gasteiger partial charge is 0.341 e. The normalized spacial score (nSPS) is 11.2. The van der Waals surface area contributed by atoms with Crippen molar-refractivity contribution in [2.24, 2.45) is 0 Å². The summed E-state index contributed by atoms with van der Waals surface area (Å²) in [5, 5.41) is 0.519. The zero-order valence-corrected chi connectivity index (χ0v) is 11.3. The standard InChI is InChI=1S/C13H12Cl2O3/c1-2-18-13(17)11(12(16)8-14)7-9-4-3-5-10(15)6-9/h3-7H,2,8H2,1H3. The van der Waals surface area contributed by atoms with Gasteiger partial charge in [-0.05, 0) is 30.7 Å². The number of esters is 1. The van der Waals surface area contributed by atoms with Crippen LogP contribution in [0.15, 0.2) is 29.8 Å². The molecule has 18 heavy (non-hydrogen) atoms. The van der Waals surface area contributed by atoms with Crippen molar-refractivity contribution in [2.45, 2.75) is 6.92 Å². The average Bonchev–Trinajstić information content (AvgIpc) is 2.35. The Labute approximate surface area is 115 Å². The number of ketones is 1. The van der Waals surface area contributed by atoms with E-state index in [4.69, 9.17) is 27.9 Å².